The van der Waals surface area contributed by atoms with Crippen LogP contribution < -0.4 is 19.5 Å². The van der Waals surface area contributed by atoms with Crippen molar-refractivity contribution >= 4 is 44.7 Å². The Hall–Kier alpha value is -4.47. The van der Waals surface area contributed by atoms with Crippen LogP contribution in [0.15, 0.2) is 30.4 Å². The van der Waals surface area contributed by atoms with Gasteiger partial charge < -0.3 is 24.8 Å². The first-order valence-corrected chi connectivity index (χ1v) is 21.3. The second-order valence-electron chi connectivity index (χ2n) is 16.8. The Bertz CT molecular complexity index is 2110. The van der Waals surface area contributed by atoms with E-state index in [1.807, 2.05) is 30.4 Å². The number of allylic oxidation sites excluding steroid dienone is 1. The Morgan fingerprint density at radius 2 is 1.93 bits per heavy atom. The summed E-state index contributed by atoms with van der Waals surface area (Å²) in [6, 6.07) is 3.26. The molecule has 14 nitrogen and oxygen atoms in total. The highest BCUT2D eigenvalue weighted by molar-refractivity contribution is 7.91. The van der Waals surface area contributed by atoms with Crippen molar-refractivity contribution in [2.75, 3.05) is 26.9 Å². The number of rotatable bonds is 8. The number of sulfonamides is 1. The van der Waals surface area contributed by atoms with Gasteiger partial charge in [-0.15, -0.1) is 0 Å². The van der Waals surface area contributed by atoms with Gasteiger partial charge in [0.05, 0.1) is 36.2 Å². The summed E-state index contributed by atoms with van der Waals surface area (Å²) in [5, 5.41) is 14.0. The lowest BCUT2D eigenvalue weighted by Crippen LogP contribution is -2.59. The summed E-state index contributed by atoms with van der Waals surface area (Å²) in [7, 11) is -2.42. The molecular formula is C40H50FN5O9S. The molecule has 3 aliphatic heterocycles. The Morgan fingerprint density at radius 3 is 2.62 bits per heavy atom. The predicted octanol–water partition coefficient (Wildman–Crippen LogP) is 4.50. The zero-order valence-electron chi connectivity index (χ0n) is 31.9. The molecule has 4 fully saturated rings. The normalized spacial score (nSPS) is 30.4. The second kappa shape index (κ2) is 14.2. The van der Waals surface area contributed by atoms with Crippen molar-refractivity contribution in [1.29, 1.82) is 0 Å². The fraction of sp³-hybridized carbons (Fsp3) is 0.625. The van der Waals surface area contributed by atoms with Crippen LogP contribution in [0.25, 0.3) is 10.9 Å². The fourth-order valence-electron chi connectivity index (χ4n) is 8.91. The summed E-state index contributed by atoms with van der Waals surface area (Å²) >= 11 is 0. The summed E-state index contributed by atoms with van der Waals surface area (Å²) in [5.74, 6) is -1.10. The first kappa shape index (κ1) is 38.4. The summed E-state index contributed by atoms with van der Waals surface area (Å²) in [4.78, 5) is 63.2. The predicted molar refractivity (Wildman–Crippen MR) is 202 cm³/mol. The van der Waals surface area contributed by atoms with E-state index in [1.54, 1.807) is 14.0 Å². The smallest absolute Gasteiger partial charge is 0.408 e. The van der Waals surface area contributed by atoms with Gasteiger partial charge in [0.15, 0.2) is 0 Å². The van der Waals surface area contributed by atoms with Gasteiger partial charge in [0.25, 0.3) is 5.91 Å². The van der Waals surface area contributed by atoms with E-state index < -0.39 is 80.9 Å². The minimum absolute atomic E-state index is 0.0340. The average Bonchev–Trinajstić information content (AvgIpc) is 4.10. The number of fused-ring (bicyclic) bond motifs is 5. The lowest BCUT2D eigenvalue weighted by atomic mass is 9.86. The van der Waals surface area contributed by atoms with E-state index in [0.717, 1.165) is 39.9 Å². The number of nitrogens with one attached hydrogen (secondary N) is 2. The third-order valence-electron chi connectivity index (χ3n) is 12.9. The van der Waals surface area contributed by atoms with Crippen LogP contribution in [0.1, 0.15) is 101 Å². The number of benzene rings is 1. The summed E-state index contributed by atoms with van der Waals surface area (Å²) in [5.41, 5.74) is -0.0521. The first-order chi connectivity index (χ1) is 26.7. The number of amides is 4. The molecule has 1 spiro atoms. The van der Waals surface area contributed by atoms with Crippen molar-refractivity contribution in [3.8, 4) is 11.5 Å². The van der Waals surface area contributed by atoms with Gasteiger partial charge in [-0.2, -0.15) is 0 Å². The molecule has 5 atom stereocenters. The molecule has 6 aliphatic rings. The summed E-state index contributed by atoms with van der Waals surface area (Å²) in [6.45, 7) is 0.0170. The highest BCUT2D eigenvalue weighted by atomic mass is 32.2. The van der Waals surface area contributed by atoms with Crippen LogP contribution in [-0.4, -0.2) is 107 Å². The van der Waals surface area contributed by atoms with Gasteiger partial charge in [0, 0.05) is 35.3 Å². The molecule has 3 aliphatic carbocycles. The second-order valence-corrected chi connectivity index (χ2v) is 19.0. The highest BCUT2D eigenvalue weighted by Gasteiger charge is 2.64. The molecule has 1 aromatic carbocycles. The van der Waals surface area contributed by atoms with Crippen LogP contribution in [0, 0.1) is 5.92 Å². The SMILES string of the molecule is COc1ccc2c3c(c(C4CC4)nc2c1)O[C@]1(CC3)C[C@H]2C(=O)N[C@]3(C(=O)NS(=O)(=O)C4(C)CC4)C[C@H]3/C=C\CCCCC[C@H](N(CCF)C(=O)O)C(=O)N2C1. The number of aryl methyl sites for hydroxylation is 1. The molecule has 4 amide bonds. The largest absolute Gasteiger partial charge is 0.497 e. The number of nitrogens with zero attached hydrogens (tertiary/aromatic N) is 3. The van der Waals surface area contributed by atoms with Crippen molar-refractivity contribution in [2.45, 2.75) is 124 Å². The monoisotopic (exact) mass is 795 g/mol. The number of hydrogen-bond donors (Lipinski definition) is 3. The number of carbonyl (C=O) groups is 4. The molecule has 16 heteroatoms. The van der Waals surface area contributed by atoms with Crippen LogP contribution in [0.4, 0.5) is 9.18 Å². The summed E-state index contributed by atoms with van der Waals surface area (Å²) in [6.07, 6.45) is 8.83. The Balaban J connectivity index is 1.17. The van der Waals surface area contributed by atoms with E-state index in [-0.39, 0.29) is 31.7 Å². The van der Waals surface area contributed by atoms with Crippen molar-refractivity contribution in [2.24, 2.45) is 5.92 Å². The zero-order valence-corrected chi connectivity index (χ0v) is 32.7. The lowest BCUT2D eigenvalue weighted by molar-refractivity contribution is -0.143. The lowest BCUT2D eigenvalue weighted by Gasteiger charge is -2.37. The van der Waals surface area contributed by atoms with Crippen molar-refractivity contribution < 1.29 is 46.6 Å². The molecular weight excluding hydrogens is 746 g/mol. The van der Waals surface area contributed by atoms with Crippen LogP contribution >= 0.6 is 0 Å². The molecule has 1 aromatic heterocycles. The number of ether oxygens (including phenoxy) is 2. The van der Waals surface area contributed by atoms with Gasteiger partial charge >= 0.3 is 6.09 Å². The molecule has 3 saturated carbocycles. The van der Waals surface area contributed by atoms with E-state index in [0.29, 0.717) is 62.9 Å². The molecule has 0 unspecified atom stereocenters. The third-order valence-corrected chi connectivity index (χ3v) is 15.1. The van der Waals surface area contributed by atoms with Gasteiger partial charge in [0.1, 0.15) is 41.4 Å². The molecule has 4 heterocycles. The maximum Gasteiger partial charge on any atom is 0.408 e. The topological polar surface area (TPSA) is 185 Å². The standard InChI is InChI=1S/C40H50FN5O9S/c1-38(16-17-38)56(52,53)44-36(49)40-21-25(40)8-6-4-3-5-7-9-30(45(19-18-41)37(50)51)35(48)46-23-39(22-31(46)34(47)43-40)15-14-28-27-13-12-26(54-2)20-29(27)42-32(24-10-11-24)33(28)55-39/h6,8,12-13,20,24-25,30-31H,3-5,7,9-11,14-19,21-23H2,1-2H3,(H,43,47)(H,44,49)(H,50,51)/b8-6-/t25-,30+,31+,39-,40-/m1/s1. The van der Waals surface area contributed by atoms with Crippen LogP contribution in [-0.2, 0) is 30.8 Å². The van der Waals surface area contributed by atoms with Crippen molar-refractivity contribution in [1.82, 2.24) is 24.8 Å². The number of halogens is 1. The molecule has 0 bridgehead atoms. The molecule has 0 radical (unpaired) electrons. The molecule has 56 heavy (non-hydrogen) atoms. The van der Waals surface area contributed by atoms with Crippen LogP contribution in [0.2, 0.25) is 0 Å². The fourth-order valence-corrected chi connectivity index (χ4v) is 10.2. The van der Waals surface area contributed by atoms with Gasteiger partial charge in [-0.1, -0.05) is 25.0 Å². The third kappa shape index (κ3) is 6.85. The zero-order chi connectivity index (χ0) is 39.6. The number of carbonyl (C=O) groups excluding carboxylic acids is 3. The number of alkyl halides is 1. The number of methoxy groups -OCH3 is 1. The first-order valence-electron chi connectivity index (χ1n) is 19.8. The van der Waals surface area contributed by atoms with Gasteiger partial charge in [-0.25, -0.2) is 22.6 Å². The Labute approximate surface area is 325 Å². The number of aromatic nitrogens is 1. The van der Waals surface area contributed by atoms with Crippen LogP contribution in [0.3, 0.4) is 0 Å². The van der Waals surface area contributed by atoms with Gasteiger partial charge in [-0.3, -0.25) is 24.0 Å². The minimum Gasteiger partial charge on any atom is -0.497 e. The quantitative estimate of drug-likeness (QED) is 0.322. The highest BCUT2D eigenvalue weighted by Crippen LogP contribution is 2.52. The van der Waals surface area contributed by atoms with E-state index in [1.165, 1.54) is 4.90 Å². The maximum atomic E-state index is 14.8. The number of carboxylic acid groups (broad SMARTS) is 1. The van der Waals surface area contributed by atoms with Gasteiger partial charge in [-0.05, 0) is 83.3 Å². The van der Waals surface area contributed by atoms with E-state index in [2.05, 4.69) is 10.0 Å². The number of pyridine rings is 1. The minimum atomic E-state index is -4.03. The van der Waals surface area contributed by atoms with Crippen LogP contribution in [0.5, 0.6) is 11.5 Å². The average molecular weight is 796 g/mol. The summed E-state index contributed by atoms with van der Waals surface area (Å²) < 4.78 is 53.9. The molecule has 302 valence electrons. The van der Waals surface area contributed by atoms with Gasteiger partial charge in [0.2, 0.25) is 21.8 Å². The molecule has 1 saturated heterocycles. The Kier molecular flexibility index (Phi) is 9.72. The molecule has 3 N–H and O–H groups in total. The van der Waals surface area contributed by atoms with E-state index in [9.17, 15) is 37.1 Å². The van der Waals surface area contributed by atoms with E-state index in [4.69, 9.17) is 14.5 Å². The van der Waals surface area contributed by atoms with Crippen molar-refractivity contribution in [3.05, 3.63) is 41.6 Å². The Morgan fingerprint density at radius 1 is 1.14 bits per heavy atom. The maximum absolute atomic E-state index is 14.8. The molecule has 8 rings (SSSR count). The number of hydrogen-bond acceptors (Lipinski definition) is 9. The molecule has 2 aromatic rings. The van der Waals surface area contributed by atoms with E-state index >= 15 is 0 Å². The van der Waals surface area contributed by atoms with Crippen molar-refractivity contribution in [3.63, 3.8) is 0 Å².